The molecule has 2 heterocycles. The van der Waals surface area contributed by atoms with E-state index < -0.39 is 11.7 Å². The van der Waals surface area contributed by atoms with Gasteiger partial charge in [0.15, 0.2) is 6.29 Å². The minimum absolute atomic E-state index is 0.0173. The summed E-state index contributed by atoms with van der Waals surface area (Å²) in [5, 5.41) is 2.40. The average Bonchev–Trinajstić information content (AvgIpc) is 2.45. The molecule has 0 radical (unpaired) electrons. The monoisotopic (exact) mass is 342 g/mol. The van der Waals surface area contributed by atoms with Crippen LogP contribution in [0.5, 0.6) is 0 Å². The van der Waals surface area contributed by atoms with Crippen molar-refractivity contribution in [3.8, 4) is 0 Å². The van der Waals surface area contributed by atoms with Crippen molar-refractivity contribution in [2.45, 2.75) is 26.4 Å². The van der Waals surface area contributed by atoms with Crippen LogP contribution < -0.4 is 10.2 Å². The molecule has 0 spiro atoms. The van der Waals surface area contributed by atoms with Crippen LogP contribution in [-0.2, 0) is 9.47 Å². The van der Waals surface area contributed by atoms with Crippen LogP contribution in [0.2, 0.25) is 5.15 Å². The van der Waals surface area contributed by atoms with E-state index in [-0.39, 0.29) is 16.7 Å². The molecule has 1 aromatic heterocycles. The largest absolute Gasteiger partial charge is 0.444 e. The van der Waals surface area contributed by atoms with E-state index in [1.165, 1.54) is 0 Å². The lowest BCUT2D eigenvalue weighted by atomic mass is 10.2. The first-order valence-electron chi connectivity index (χ1n) is 7.15. The molecular weight excluding hydrogens is 324 g/mol. The second-order valence-corrected chi connectivity index (χ2v) is 6.28. The van der Waals surface area contributed by atoms with E-state index in [1.54, 1.807) is 20.8 Å². The van der Waals surface area contributed by atoms with Gasteiger partial charge in [0.2, 0.25) is 5.95 Å². The van der Waals surface area contributed by atoms with Crippen LogP contribution in [0.1, 0.15) is 31.1 Å². The third-order valence-electron chi connectivity index (χ3n) is 2.92. The van der Waals surface area contributed by atoms with Crippen LogP contribution in [-0.4, -0.2) is 54.3 Å². The maximum Gasteiger partial charge on any atom is 0.414 e. The number of rotatable bonds is 3. The van der Waals surface area contributed by atoms with Crippen molar-refractivity contribution in [3.05, 3.63) is 10.7 Å². The number of hydrogen-bond acceptors (Lipinski definition) is 7. The summed E-state index contributed by atoms with van der Waals surface area (Å²) in [6.45, 7) is 7.42. The lowest BCUT2D eigenvalue weighted by Gasteiger charge is -2.29. The number of carbonyl (C=O) groups excluding carboxylic acids is 2. The van der Waals surface area contributed by atoms with Gasteiger partial charge in [0.05, 0.1) is 18.8 Å². The minimum atomic E-state index is -0.694. The lowest BCUT2D eigenvalue weighted by molar-refractivity contribution is 0.0634. The Morgan fingerprint density at radius 3 is 2.57 bits per heavy atom. The molecule has 8 nitrogen and oxygen atoms in total. The van der Waals surface area contributed by atoms with Crippen molar-refractivity contribution in [1.29, 1.82) is 0 Å². The van der Waals surface area contributed by atoms with Crippen molar-refractivity contribution < 1.29 is 19.1 Å². The lowest BCUT2D eigenvalue weighted by Crippen LogP contribution is -2.37. The first-order chi connectivity index (χ1) is 10.8. The van der Waals surface area contributed by atoms with E-state index in [4.69, 9.17) is 21.1 Å². The van der Waals surface area contributed by atoms with Crippen molar-refractivity contribution in [1.82, 2.24) is 9.97 Å². The minimum Gasteiger partial charge on any atom is -0.444 e. The molecule has 1 amide bonds. The van der Waals surface area contributed by atoms with Gasteiger partial charge in [0.1, 0.15) is 16.6 Å². The number of morpholine rings is 1. The van der Waals surface area contributed by atoms with Gasteiger partial charge in [-0.2, -0.15) is 9.97 Å². The Balaban J connectivity index is 2.26. The smallest absolute Gasteiger partial charge is 0.414 e. The highest BCUT2D eigenvalue weighted by Gasteiger charge is 2.22. The van der Waals surface area contributed by atoms with Crippen LogP contribution in [0.3, 0.4) is 0 Å². The van der Waals surface area contributed by atoms with Gasteiger partial charge in [-0.05, 0) is 20.8 Å². The van der Waals surface area contributed by atoms with Crippen molar-refractivity contribution in [2.24, 2.45) is 0 Å². The summed E-state index contributed by atoms with van der Waals surface area (Å²) in [7, 11) is 0. The Labute approximate surface area is 139 Å². The number of ether oxygens (including phenoxy) is 2. The first kappa shape index (κ1) is 17.4. The molecule has 0 aliphatic carbocycles. The number of nitrogens with zero attached hydrogens (tertiary/aromatic N) is 3. The molecule has 0 aromatic carbocycles. The summed E-state index contributed by atoms with van der Waals surface area (Å²) in [6.07, 6.45) is -0.0926. The second-order valence-electron chi connectivity index (χ2n) is 5.92. The summed E-state index contributed by atoms with van der Waals surface area (Å²) in [5.74, 6) is 0.353. The summed E-state index contributed by atoms with van der Waals surface area (Å²) < 4.78 is 10.4. The summed E-state index contributed by atoms with van der Waals surface area (Å²) >= 11 is 6.04. The fourth-order valence-electron chi connectivity index (χ4n) is 2.00. The molecule has 1 saturated heterocycles. The third-order valence-corrected chi connectivity index (χ3v) is 3.21. The van der Waals surface area contributed by atoms with Gasteiger partial charge in [-0.15, -0.1) is 0 Å². The number of amides is 1. The molecule has 0 bridgehead atoms. The third kappa shape index (κ3) is 4.77. The summed E-state index contributed by atoms with van der Waals surface area (Å²) in [4.78, 5) is 33.1. The first-order valence-corrected chi connectivity index (χ1v) is 7.53. The zero-order valence-corrected chi connectivity index (χ0v) is 14.0. The number of aldehydes is 1. The van der Waals surface area contributed by atoms with Crippen molar-refractivity contribution >= 4 is 35.7 Å². The molecular formula is C14H19ClN4O4. The molecule has 0 saturated carbocycles. The Hall–Kier alpha value is -1.93. The fourth-order valence-corrected chi connectivity index (χ4v) is 2.21. The second kappa shape index (κ2) is 7.10. The highest BCUT2D eigenvalue weighted by Crippen LogP contribution is 2.25. The Kier molecular flexibility index (Phi) is 5.38. The number of anilines is 2. The fraction of sp³-hybridized carbons (Fsp3) is 0.571. The van der Waals surface area contributed by atoms with Crippen LogP contribution in [0, 0.1) is 0 Å². The number of hydrogen-bond donors (Lipinski definition) is 1. The van der Waals surface area contributed by atoms with E-state index in [1.807, 2.05) is 4.90 Å². The number of nitrogens with one attached hydrogen (secondary N) is 1. The molecule has 1 aliphatic heterocycles. The summed E-state index contributed by atoms with van der Waals surface area (Å²) in [5.41, 5.74) is -0.466. The van der Waals surface area contributed by atoms with Gasteiger partial charge >= 0.3 is 6.09 Å². The highest BCUT2D eigenvalue weighted by atomic mass is 35.5. The van der Waals surface area contributed by atoms with E-state index in [9.17, 15) is 9.59 Å². The Bertz CT molecular complexity index is 597. The van der Waals surface area contributed by atoms with Crippen LogP contribution in [0.25, 0.3) is 0 Å². The molecule has 0 unspecified atom stereocenters. The zero-order valence-electron chi connectivity index (χ0n) is 13.3. The molecule has 9 heteroatoms. The maximum absolute atomic E-state index is 11.8. The SMILES string of the molecule is CC(C)(C)OC(=O)Nc1nc(Cl)c(C=O)c(N2CCOCC2)n1. The summed E-state index contributed by atoms with van der Waals surface area (Å²) in [6, 6.07) is 0. The van der Waals surface area contributed by atoms with Crippen molar-refractivity contribution in [3.63, 3.8) is 0 Å². The quantitative estimate of drug-likeness (QED) is 0.664. The molecule has 23 heavy (non-hydrogen) atoms. The molecule has 1 N–H and O–H groups in total. The van der Waals surface area contributed by atoms with Gasteiger partial charge in [-0.3, -0.25) is 10.1 Å². The predicted octanol–water partition coefficient (Wildman–Crippen LogP) is 2.13. The number of halogens is 1. The molecule has 1 aliphatic rings. The van der Waals surface area contributed by atoms with E-state index in [0.29, 0.717) is 38.4 Å². The van der Waals surface area contributed by atoms with Crippen molar-refractivity contribution in [2.75, 3.05) is 36.5 Å². The van der Waals surface area contributed by atoms with Crippen LogP contribution >= 0.6 is 11.6 Å². The average molecular weight is 343 g/mol. The standard InChI is InChI=1S/C14H19ClN4O4/c1-14(2,3)23-13(21)18-12-16-10(15)9(8-20)11(17-12)19-4-6-22-7-5-19/h8H,4-7H2,1-3H3,(H,16,17,18,21). The van der Waals surface area contributed by atoms with E-state index in [2.05, 4.69) is 15.3 Å². The number of aromatic nitrogens is 2. The zero-order chi connectivity index (χ0) is 17.0. The predicted molar refractivity (Wildman–Crippen MR) is 85.3 cm³/mol. The Morgan fingerprint density at radius 1 is 1.35 bits per heavy atom. The highest BCUT2D eigenvalue weighted by molar-refractivity contribution is 6.32. The van der Waals surface area contributed by atoms with Gasteiger partial charge in [-0.25, -0.2) is 4.79 Å². The molecule has 0 atom stereocenters. The molecule has 1 aromatic rings. The van der Waals surface area contributed by atoms with Gasteiger partial charge in [-0.1, -0.05) is 11.6 Å². The normalized spacial score (nSPS) is 15.2. The van der Waals surface area contributed by atoms with Gasteiger partial charge in [0, 0.05) is 13.1 Å². The maximum atomic E-state index is 11.8. The molecule has 126 valence electrons. The Morgan fingerprint density at radius 2 is 2.00 bits per heavy atom. The van der Waals surface area contributed by atoms with E-state index in [0.717, 1.165) is 0 Å². The number of carbonyl (C=O) groups is 2. The topological polar surface area (TPSA) is 93.6 Å². The van der Waals surface area contributed by atoms with E-state index >= 15 is 0 Å². The molecule has 1 fully saturated rings. The van der Waals surface area contributed by atoms with Gasteiger partial charge in [0.25, 0.3) is 0 Å². The van der Waals surface area contributed by atoms with Crippen LogP contribution in [0.15, 0.2) is 0 Å². The van der Waals surface area contributed by atoms with Gasteiger partial charge < -0.3 is 14.4 Å². The molecule has 2 rings (SSSR count). The van der Waals surface area contributed by atoms with Crippen LogP contribution in [0.4, 0.5) is 16.6 Å².